The summed E-state index contributed by atoms with van der Waals surface area (Å²) < 4.78 is 6.76. The number of nitriles is 1. The molecule has 0 radical (unpaired) electrons. The fourth-order valence-electron chi connectivity index (χ4n) is 3.57. The lowest BCUT2D eigenvalue weighted by Crippen LogP contribution is -2.18. The number of pyridine rings is 1. The summed E-state index contributed by atoms with van der Waals surface area (Å²) in [6.45, 7) is 4.68. The Morgan fingerprint density at radius 1 is 1.15 bits per heavy atom. The van der Waals surface area contributed by atoms with Crippen molar-refractivity contribution in [2.24, 2.45) is 0 Å². The van der Waals surface area contributed by atoms with Gasteiger partial charge in [0.1, 0.15) is 18.4 Å². The lowest BCUT2D eigenvalue weighted by atomic mass is 10.1. The highest BCUT2D eigenvalue weighted by atomic mass is 79.9. The molecule has 5 heteroatoms. The summed E-state index contributed by atoms with van der Waals surface area (Å²) >= 11 is 3.38. The van der Waals surface area contributed by atoms with Gasteiger partial charge < -0.3 is 9.64 Å². The average Bonchev–Trinajstić information content (AvgIpc) is 3.20. The number of rotatable bonds is 4. The van der Waals surface area contributed by atoms with E-state index in [-0.39, 0.29) is 0 Å². The monoisotopic (exact) mass is 421 g/mol. The lowest BCUT2D eigenvalue weighted by molar-refractivity contribution is 0.305. The predicted octanol–water partition coefficient (Wildman–Crippen LogP) is 5.36. The summed E-state index contributed by atoms with van der Waals surface area (Å²) in [4.78, 5) is 7.18. The fraction of sp³-hybridized carbons (Fsp3) is 0.273. The molecule has 4 nitrogen and oxygen atoms in total. The number of anilines is 1. The number of halogens is 1. The Balaban J connectivity index is 1.61. The maximum atomic E-state index is 9.28. The molecule has 4 rings (SSSR count). The SMILES string of the molecule is Cc1cc(N2CCCC2)c2ccc(COc3ccc(Br)cc3C#N)cc2n1. The van der Waals surface area contributed by atoms with E-state index in [1.54, 1.807) is 6.07 Å². The molecule has 0 aliphatic carbocycles. The van der Waals surface area contributed by atoms with Crippen molar-refractivity contribution in [1.82, 2.24) is 4.98 Å². The summed E-state index contributed by atoms with van der Waals surface area (Å²) in [5, 5.41) is 10.5. The average molecular weight is 422 g/mol. The molecule has 0 amide bonds. The van der Waals surface area contributed by atoms with Crippen molar-refractivity contribution < 1.29 is 4.74 Å². The second kappa shape index (κ2) is 7.58. The minimum Gasteiger partial charge on any atom is -0.488 e. The Morgan fingerprint density at radius 2 is 1.96 bits per heavy atom. The molecule has 1 aliphatic heterocycles. The van der Waals surface area contributed by atoms with Gasteiger partial charge in [-0.05, 0) is 55.7 Å². The third kappa shape index (κ3) is 3.77. The molecule has 1 saturated heterocycles. The van der Waals surface area contributed by atoms with E-state index in [2.05, 4.69) is 51.2 Å². The molecular formula is C22H20BrN3O. The van der Waals surface area contributed by atoms with Gasteiger partial charge in [0.15, 0.2) is 0 Å². The van der Waals surface area contributed by atoms with Gasteiger partial charge in [0.25, 0.3) is 0 Å². The minimum absolute atomic E-state index is 0.404. The zero-order valence-electron chi connectivity index (χ0n) is 15.2. The van der Waals surface area contributed by atoms with Gasteiger partial charge in [-0.25, -0.2) is 0 Å². The summed E-state index contributed by atoms with van der Waals surface area (Å²) in [6.07, 6.45) is 2.51. The standard InChI is InChI=1S/C22H20BrN3O/c1-15-10-21(26-8-2-3-9-26)19-6-4-16(11-20(19)25-15)14-27-22-7-5-18(23)12-17(22)13-24/h4-7,10-12H,2-3,8-9,14H2,1H3. The largest absolute Gasteiger partial charge is 0.488 e. The Bertz CT molecular complexity index is 1040. The highest BCUT2D eigenvalue weighted by molar-refractivity contribution is 9.10. The van der Waals surface area contributed by atoms with Crippen LogP contribution < -0.4 is 9.64 Å². The van der Waals surface area contributed by atoms with E-state index in [0.29, 0.717) is 17.9 Å². The van der Waals surface area contributed by atoms with Gasteiger partial charge in [0, 0.05) is 34.3 Å². The fourth-order valence-corrected chi connectivity index (χ4v) is 3.93. The van der Waals surface area contributed by atoms with Gasteiger partial charge in [-0.15, -0.1) is 0 Å². The second-order valence-corrected chi connectivity index (χ2v) is 7.79. The third-order valence-electron chi connectivity index (χ3n) is 4.88. The van der Waals surface area contributed by atoms with Crippen LogP contribution in [0.4, 0.5) is 5.69 Å². The smallest absolute Gasteiger partial charge is 0.137 e. The number of ether oxygens (including phenoxy) is 1. The normalized spacial score (nSPS) is 13.7. The van der Waals surface area contributed by atoms with Crippen molar-refractivity contribution in [3.05, 3.63) is 63.8 Å². The van der Waals surface area contributed by atoms with Gasteiger partial charge in [-0.2, -0.15) is 5.26 Å². The summed E-state index contributed by atoms with van der Waals surface area (Å²) in [5.41, 5.74) is 4.87. The number of benzene rings is 2. The zero-order valence-corrected chi connectivity index (χ0v) is 16.8. The van der Waals surface area contributed by atoms with E-state index in [1.807, 2.05) is 19.1 Å². The topological polar surface area (TPSA) is 49.1 Å². The lowest BCUT2D eigenvalue weighted by Gasteiger charge is -2.20. The third-order valence-corrected chi connectivity index (χ3v) is 5.38. The van der Waals surface area contributed by atoms with Gasteiger partial charge in [0.2, 0.25) is 0 Å². The van der Waals surface area contributed by atoms with Gasteiger partial charge >= 0.3 is 0 Å². The highest BCUT2D eigenvalue weighted by Gasteiger charge is 2.16. The van der Waals surface area contributed by atoms with Crippen LogP contribution >= 0.6 is 15.9 Å². The van der Waals surface area contributed by atoms with Crippen LogP contribution in [0.3, 0.4) is 0 Å². The van der Waals surface area contributed by atoms with Crippen LogP contribution in [0.25, 0.3) is 10.9 Å². The number of aromatic nitrogens is 1. The van der Waals surface area contributed by atoms with E-state index in [0.717, 1.165) is 34.3 Å². The quantitative estimate of drug-likeness (QED) is 0.568. The Kier molecular flexibility index (Phi) is 5.00. The van der Waals surface area contributed by atoms with Crippen molar-refractivity contribution in [3.63, 3.8) is 0 Å². The van der Waals surface area contributed by atoms with Gasteiger partial charge in [-0.3, -0.25) is 4.98 Å². The first-order valence-corrected chi connectivity index (χ1v) is 9.91. The maximum absolute atomic E-state index is 9.28. The van der Waals surface area contributed by atoms with E-state index < -0.39 is 0 Å². The van der Waals surface area contributed by atoms with Crippen LogP contribution in [0.1, 0.15) is 29.7 Å². The van der Waals surface area contributed by atoms with Gasteiger partial charge in [0.05, 0.1) is 11.1 Å². The molecule has 0 bridgehead atoms. The molecule has 1 aliphatic rings. The van der Waals surface area contributed by atoms with Crippen molar-refractivity contribution in [2.45, 2.75) is 26.4 Å². The van der Waals surface area contributed by atoms with Crippen LogP contribution in [-0.2, 0) is 6.61 Å². The molecule has 0 spiro atoms. The first-order chi connectivity index (χ1) is 13.1. The molecule has 0 atom stereocenters. The molecule has 2 aromatic carbocycles. The molecular weight excluding hydrogens is 402 g/mol. The molecule has 0 N–H and O–H groups in total. The van der Waals surface area contributed by atoms with Crippen molar-refractivity contribution in [3.8, 4) is 11.8 Å². The molecule has 3 aromatic rings. The molecule has 0 saturated carbocycles. The maximum Gasteiger partial charge on any atom is 0.137 e. The predicted molar refractivity (Wildman–Crippen MR) is 111 cm³/mol. The summed E-state index contributed by atoms with van der Waals surface area (Å²) in [6, 6.07) is 16.1. The van der Waals surface area contributed by atoms with E-state index in [4.69, 9.17) is 9.72 Å². The van der Waals surface area contributed by atoms with Crippen molar-refractivity contribution >= 4 is 32.5 Å². The van der Waals surface area contributed by atoms with Crippen LogP contribution in [-0.4, -0.2) is 18.1 Å². The highest BCUT2D eigenvalue weighted by Crippen LogP contribution is 2.30. The number of nitrogens with zero attached hydrogens (tertiary/aromatic N) is 3. The van der Waals surface area contributed by atoms with Crippen LogP contribution in [0, 0.1) is 18.3 Å². The van der Waals surface area contributed by atoms with E-state index in [9.17, 15) is 5.26 Å². The zero-order chi connectivity index (χ0) is 18.8. The number of fused-ring (bicyclic) bond motifs is 1. The Morgan fingerprint density at radius 3 is 2.74 bits per heavy atom. The molecule has 1 fully saturated rings. The first kappa shape index (κ1) is 17.8. The number of aryl methyl sites for hydroxylation is 1. The van der Waals surface area contributed by atoms with Gasteiger partial charge in [-0.1, -0.05) is 28.1 Å². The Hall–Kier alpha value is -2.58. The first-order valence-electron chi connectivity index (χ1n) is 9.12. The molecule has 0 unspecified atom stereocenters. The summed E-state index contributed by atoms with van der Waals surface area (Å²) in [5.74, 6) is 0.593. The molecule has 27 heavy (non-hydrogen) atoms. The van der Waals surface area contributed by atoms with E-state index in [1.165, 1.54) is 23.9 Å². The van der Waals surface area contributed by atoms with Crippen LogP contribution in [0.2, 0.25) is 0 Å². The van der Waals surface area contributed by atoms with Crippen molar-refractivity contribution in [2.75, 3.05) is 18.0 Å². The molecule has 136 valence electrons. The molecule has 1 aromatic heterocycles. The van der Waals surface area contributed by atoms with Crippen LogP contribution in [0.15, 0.2) is 46.9 Å². The number of hydrogen-bond donors (Lipinski definition) is 0. The van der Waals surface area contributed by atoms with E-state index >= 15 is 0 Å². The van der Waals surface area contributed by atoms with Crippen molar-refractivity contribution in [1.29, 1.82) is 5.26 Å². The van der Waals surface area contributed by atoms with Crippen LogP contribution in [0.5, 0.6) is 5.75 Å². The Labute approximate surface area is 167 Å². The second-order valence-electron chi connectivity index (χ2n) is 6.87. The summed E-state index contributed by atoms with van der Waals surface area (Å²) in [7, 11) is 0. The minimum atomic E-state index is 0.404. The number of hydrogen-bond acceptors (Lipinski definition) is 4. The molecule has 2 heterocycles.